The Morgan fingerprint density at radius 1 is 1.35 bits per heavy atom. The van der Waals surface area contributed by atoms with Crippen molar-refractivity contribution in [2.75, 3.05) is 0 Å². The first-order chi connectivity index (χ1) is 12.4. The minimum absolute atomic E-state index is 0.315. The van der Waals surface area contributed by atoms with Crippen molar-refractivity contribution in [3.8, 4) is 0 Å². The van der Waals surface area contributed by atoms with Crippen LogP contribution in [0.3, 0.4) is 0 Å². The molecule has 3 aliphatic carbocycles. The van der Waals surface area contributed by atoms with Crippen LogP contribution in [0, 0.1) is 17.3 Å². The van der Waals surface area contributed by atoms with Crippen LogP contribution in [0.25, 0.3) is 6.08 Å². The Morgan fingerprint density at radius 3 is 2.85 bits per heavy atom. The van der Waals surface area contributed by atoms with Crippen molar-refractivity contribution in [3.63, 3.8) is 0 Å². The van der Waals surface area contributed by atoms with E-state index in [0.717, 1.165) is 12.3 Å². The Kier molecular flexibility index (Phi) is 5.04. The summed E-state index contributed by atoms with van der Waals surface area (Å²) in [5.41, 5.74) is 6.70. The second-order valence-electron chi connectivity index (χ2n) is 7.38. The summed E-state index contributed by atoms with van der Waals surface area (Å²) >= 11 is 0. The monoisotopic (exact) mass is 353 g/mol. The molecule has 0 unspecified atom stereocenters. The maximum Gasteiger partial charge on any atom is 0.271 e. The summed E-state index contributed by atoms with van der Waals surface area (Å²) in [7, 11) is 0. The number of rotatable bonds is 5. The zero-order valence-electron chi connectivity index (χ0n) is 14.9. The molecule has 26 heavy (non-hydrogen) atoms. The zero-order valence-corrected chi connectivity index (χ0v) is 14.9. The number of carbonyl (C=O) groups is 2. The summed E-state index contributed by atoms with van der Waals surface area (Å²) < 4.78 is 0. The standard InChI is InChI=1S/C20H23N3O3/c1-20(2)16-8-7-15(17(20)11-16)12-21-22-19(25)14-5-3-4-13(10-14)6-9-18(24)23-26/h3-7,9-10,12,16-17,26H,8,11H2,1-2H3,(H,22,25)(H,23,24)/b9-6+,21-12+/t16-,17-/m0/s1. The fourth-order valence-electron chi connectivity index (χ4n) is 3.77. The Hall–Kier alpha value is -2.73. The summed E-state index contributed by atoms with van der Waals surface area (Å²) in [5.74, 6) is 0.340. The van der Waals surface area contributed by atoms with Gasteiger partial charge >= 0.3 is 0 Å². The molecule has 1 saturated carbocycles. The Balaban J connectivity index is 1.61. The number of nitrogens with one attached hydrogen (secondary N) is 2. The highest BCUT2D eigenvalue weighted by Crippen LogP contribution is 2.58. The number of fused-ring (bicyclic) bond motifs is 1. The smallest absolute Gasteiger partial charge is 0.271 e. The molecule has 1 aromatic carbocycles. The summed E-state index contributed by atoms with van der Waals surface area (Å²) in [6.45, 7) is 4.59. The molecule has 2 atom stereocenters. The first-order valence-electron chi connectivity index (χ1n) is 8.67. The van der Waals surface area contributed by atoms with Gasteiger partial charge in [-0.2, -0.15) is 5.10 Å². The van der Waals surface area contributed by atoms with E-state index in [1.54, 1.807) is 30.5 Å². The van der Waals surface area contributed by atoms with Crippen LogP contribution in [0.5, 0.6) is 0 Å². The summed E-state index contributed by atoms with van der Waals surface area (Å²) in [5, 5.41) is 12.6. The lowest BCUT2D eigenvalue weighted by molar-refractivity contribution is -0.124. The van der Waals surface area contributed by atoms with Crippen molar-refractivity contribution >= 4 is 24.1 Å². The maximum absolute atomic E-state index is 12.3. The van der Waals surface area contributed by atoms with E-state index in [9.17, 15) is 9.59 Å². The number of hydroxylamine groups is 1. The molecule has 3 aliphatic rings. The van der Waals surface area contributed by atoms with Crippen molar-refractivity contribution in [2.45, 2.75) is 26.7 Å². The van der Waals surface area contributed by atoms with Crippen LogP contribution in [0.4, 0.5) is 0 Å². The minimum atomic E-state index is -0.633. The van der Waals surface area contributed by atoms with E-state index >= 15 is 0 Å². The number of benzene rings is 1. The average molecular weight is 353 g/mol. The third-order valence-electron chi connectivity index (χ3n) is 5.58. The van der Waals surface area contributed by atoms with Gasteiger partial charge in [0, 0.05) is 11.6 Å². The number of hydrazone groups is 1. The molecular formula is C20H23N3O3. The molecule has 0 spiro atoms. The Morgan fingerprint density at radius 2 is 2.15 bits per heavy atom. The fraction of sp³-hybridized carbons (Fsp3) is 0.350. The van der Waals surface area contributed by atoms with Gasteiger partial charge in [-0.05, 0) is 59.4 Å². The third kappa shape index (κ3) is 3.60. The maximum atomic E-state index is 12.3. The second kappa shape index (κ2) is 7.25. The van der Waals surface area contributed by atoms with Gasteiger partial charge in [0.1, 0.15) is 0 Å². The van der Waals surface area contributed by atoms with E-state index < -0.39 is 5.91 Å². The SMILES string of the molecule is CC1(C)[C@H]2CC=C(/C=N/NC(=O)c3cccc(/C=C/C(=O)NO)c3)[C@@H]1C2. The minimum Gasteiger partial charge on any atom is -0.288 e. The third-order valence-corrected chi connectivity index (χ3v) is 5.58. The van der Waals surface area contributed by atoms with E-state index in [1.165, 1.54) is 29.6 Å². The van der Waals surface area contributed by atoms with Crippen LogP contribution in [-0.4, -0.2) is 23.2 Å². The van der Waals surface area contributed by atoms with Crippen molar-refractivity contribution in [3.05, 3.63) is 53.1 Å². The predicted molar refractivity (Wildman–Crippen MR) is 99.4 cm³/mol. The van der Waals surface area contributed by atoms with Crippen LogP contribution >= 0.6 is 0 Å². The Bertz CT molecular complexity index is 808. The highest BCUT2D eigenvalue weighted by atomic mass is 16.5. The summed E-state index contributed by atoms with van der Waals surface area (Å²) in [6, 6.07) is 6.79. The van der Waals surface area contributed by atoms with Gasteiger partial charge in [-0.1, -0.05) is 32.1 Å². The van der Waals surface area contributed by atoms with Gasteiger partial charge in [-0.15, -0.1) is 0 Å². The van der Waals surface area contributed by atoms with Gasteiger partial charge in [-0.25, -0.2) is 10.9 Å². The van der Waals surface area contributed by atoms with Crippen LogP contribution in [-0.2, 0) is 4.79 Å². The molecule has 0 heterocycles. The molecule has 6 heteroatoms. The van der Waals surface area contributed by atoms with Gasteiger partial charge < -0.3 is 0 Å². The predicted octanol–water partition coefficient (Wildman–Crippen LogP) is 2.91. The van der Waals surface area contributed by atoms with Crippen molar-refractivity contribution in [1.82, 2.24) is 10.9 Å². The van der Waals surface area contributed by atoms with E-state index in [4.69, 9.17) is 5.21 Å². The average Bonchev–Trinajstić information content (AvgIpc) is 2.66. The molecule has 0 radical (unpaired) electrons. The van der Waals surface area contributed by atoms with E-state index in [0.29, 0.717) is 22.5 Å². The van der Waals surface area contributed by atoms with E-state index in [-0.39, 0.29) is 5.91 Å². The van der Waals surface area contributed by atoms with Crippen molar-refractivity contribution < 1.29 is 14.8 Å². The Labute approximate surface area is 152 Å². The molecule has 0 saturated heterocycles. The van der Waals surface area contributed by atoms with E-state index in [1.807, 2.05) is 0 Å². The fourth-order valence-corrected chi connectivity index (χ4v) is 3.77. The lowest BCUT2D eigenvalue weighted by Gasteiger charge is -2.55. The zero-order chi connectivity index (χ0) is 18.7. The number of hydrogen-bond donors (Lipinski definition) is 3. The van der Waals surface area contributed by atoms with Crippen LogP contribution < -0.4 is 10.9 Å². The van der Waals surface area contributed by atoms with Gasteiger partial charge in [0.15, 0.2) is 0 Å². The number of nitrogens with zero attached hydrogens (tertiary/aromatic N) is 1. The molecule has 0 aliphatic heterocycles. The molecular weight excluding hydrogens is 330 g/mol. The molecule has 136 valence electrons. The van der Waals surface area contributed by atoms with E-state index in [2.05, 4.69) is 30.5 Å². The number of hydrogen-bond acceptors (Lipinski definition) is 4. The summed E-state index contributed by atoms with van der Waals surface area (Å²) in [4.78, 5) is 23.3. The largest absolute Gasteiger partial charge is 0.288 e. The lowest BCUT2D eigenvalue weighted by atomic mass is 9.49. The quantitative estimate of drug-likeness (QED) is 0.329. The number of carbonyl (C=O) groups excluding carboxylic acids is 2. The normalized spacial score (nSPS) is 23.4. The van der Waals surface area contributed by atoms with Gasteiger partial charge in [0.25, 0.3) is 11.8 Å². The highest BCUT2D eigenvalue weighted by molar-refractivity contribution is 5.96. The number of amides is 2. The highest BCUT2D eigenvalue weighted by Gasteiger charge is 2.50. The number of allylic oxidation sites excluding steroid dienone is 2. The molecule has 1 aromatic rings. The molecule has 4 rings (SSSR count). The molecule has 0 aromatic heterocycles. The first-order valence-corrected chi connectivity index (χ1v) is 8.67. The first kappa shape index (κ1) is 18.1. The van der Waals surface area contributed by atoms with Gasteiger partial charge in [0.05, 0.1) is 6.21 Å². The topological polar surface area (TPSA) is 90.8 Å². The van der Waals surface area contributed by atoms with Gasteiger partial charge in [-0.3, -0.25) is 14.8 Å². The van der Waals surface area contributed by atoms with Crippen molar-refractivity contribution in [1.29, 1.82) is 0 Å². The van der Waals surface area contributed by atoms with Crippen LogP contribution in [0.15, 0.2) is 47.1 Å². The van der Waals surface area contributed by atoms with Crippen LogP contribution in [0.2, 0.25) is 0 Å². The summed E-state index contributed by atoms with van der Waals surface area (Å²) in [6.07, 6.45) is 8.95. The second-order valence-corrected chi connectivity index (χ2v) is 7.38. The lowest BCUT2D eigenvalue weighted by Crippen LogP contribution is -2.48. The molecule has 2 bridgehead atoms. The molecule has 1 fully saturated rings. The van der Waals surface area contributed by atoms with Crippen molar-refractivity contribution in [2.24, 2.45) is 22.4 Å². The van der Waals surface area contributed by atoms with Crippen LogP contribution in [0.1, 0.15) is 42.6 Å². The molecule has 2 amide bonds. The van der Waals surface area contributed by atoms with Gasteiger partial charge in [0.2, 0.25) is 0 Å². The molecule has 3 N–H and O–H groups in total. The molecule has 6 nitrogen and oxygen atoms in total.